The summed E-state index contributed by atoms with van der Waals surface area (Å²) in [6, 6.07) is 11.9. The van der Waals surface area contributed by atoms with Gasteiger partial charge in [-0.05, 0) is 29.7 Å². The lowest BCUT2D eigenvalue weighted by atomic mass is 9.93. The van der Waals surface area contributed by atoms with Crippen LogP contribution >= 0.6 is 0 Å². The average Bonchev–Trinajstić information content (AvgIpc) is 2.47. The molecule has 22 heavy (non-hydrogen) atoms. The fourth-order valence-corrected chi connectivity index (χ4v) is 2.71. The van der Waals surface area contributed by atoms with E-state index in [0.717, 1.165) is 11.6 Å². The number of fused-ring (bicyclic) bond motifs is 1. The Kier molecular flexibility index (Phi) is 3.64. The monoisotopic (exact) mass is 305 g/mol. The van der Waals surface area contributed by atoms with Crippen molar-refractivity contribution < 1.29 is 18.0 Å². The largest absolute Gasteiger partial charge is 0.418 e. The van der Waals surface area contributed by atoms with E-state index in [9.17, 15) is 18.0 Å². The third-order valence-electron chi connectivity index (χ3n) is 3.71. The molecule has 1 aliphatic rings. The molecule has 1 aliphatic heterocycles. The summed E-state index contributed by atoms with van der Waals surface area (Å²) in [7, 11) is 0. The molecule has 0 saturated carbocycles. The smallest absolute Gasteiger partial charge is 0.384 e. The average molecular weight is 305 g/mol. The van der Waals surface area contributed by atoms with Crippen LogP contribution in [0.15, 0.2) is 42.5 Å². The summed E-state index contributed by atoms with van der Waals surface area (Å²) in [4.78, 5) is 12.0. The van der Waals surface area contributed by atoms with Crippen molar-refractivity contribution >= 4 is 11.5 Å². The van der Waals surface area contributed by atoms with E-state index >= 15 is 0 Å². The van der Waals surface area contributed by atoms with Gasteiger partial charge in [0.05, 0.1) is 11.3 Å². The van der Waals surface area contributed by atoms with E-state index in [1.54, 1.807) is 6.07 Å². The number of rotatable bonds is 2. The Hall–Kier alpha value is -2.30. The van der Waals surface area contributed by atoms with Gasteiger partial charge in [0.15, 0.2) is 5.78 Å². The summed E-state index contributed by atoms with van der Waals surface area (Å²) in [6.07, 6.45) is -3.90. The highest BCUT2D eigenvalue weighted by molar-refractivity contribution is 6.04. The second-order valence-electron chi connectivity index (χ2n) is 5.33. The minimum atomic E-state index is -4.48. The topological polar surface area (TPSA) is 29.1 Å². The maximum absolute atomic E-state index is 13.3. The van der Waals surface area contributed by atoms with Crippen molar-refractivity contribution in [2.45, 2.75) is 19.0 Å². The summed E-state index contributed by atoms with van der Waals surface area (Å²) in [5.41, 5.74) is 0.706. The van der Waals surface area contributed by atoms with Gasteiger partial charge < -0.3 is 5.32 Å². The van der Waals surface area contributed by atoms with Gasteiger partial charge in [-0.2, -0.15) is 13.2 Å². The van der Waals surface area contributed by atoms with Gasteiger partial charge in [0.2, 0.25) is 0 Å². The van der Waals surface area contributed by atoms with E-state index in [2.05, 4.69) is 5.32 Å². The molecule has 0 aliphatic carbocycles. The van der Waals surface area contributed by atoms with E-state index < -0.39 is 11.7 Å². The van der Waals surface area contributed by atoms with Gasteiger partial charge in [-0.25, -0.2) is 0 Å². The molecule has 0 atom stereocenters. The molecule has 2 aromatic rings. The predicted molar refractivity (Wildman–Crippen MR) is 78.1 cm³/mol. The fourth-order valence-electron chi connectivity index (χ4n) is 2.71. The van der Waals surface area contributed by atoms with E-state index in [-0.39, 0.29) is 30.0 Å². The standard InChI is InChI=1S/C17H14F3NO/c18-17(19,20)14-10-12(8-11-4-2-1-3-5-11)9-13-15(22)6-7-21-16(13)14/h1-5,9-10,21H,6-8H2. The number of Topliss-reactive ketones (excluding diaryl/α,β-unsaturated/α-hetero) is 1. The fraction of sp³-hybridized carbons (Fsp3) is 0.235. The molecule has 0 radical (unpaired) electrons. The zero-order chi connectivity index (χ0) is 15.7. The van der Waals surface area contributed by atoms with Crippen LogP contribution in [0.3, 0.4) is 0 Å². The molecule has 0 amide bonds. The summed E-state index contributed by atoms with van der Waals surface area (Å²) in [5, 5.41) is 2.72. The molecule has 0 aromatic heterocycles. The molecule has 114 valence electrons. The van der Waals surface area contributed by atoms with Crippen molar-refractivity contribution in [1.29, 1.82) is 0 Å². The number of alkyl halides is 3. The van der Waals surface area contributed by atoms with Gasteiger partial charge in [0, 0.05) is 18.5 Å². The quantitative estimate of drug-likeness (QED) is 0.896. The molecular formula is C17H14F3NO. The summed E-state index contributed by atoms with van der Waals surface area (Å²) in [6.45, 7) is 0.243. The van der Waals surface area contributed by atoms with Crippen LogP contribution in [0.25, 0.3) is 0 Å². The number of carbonyl (C=O) groups excluding carboxylic acids is 1. The van der Waals surface area contributed by atoms with E-state index in [1.165, 1.54) is 0 Å². The number of hydrogen-bond acceptors (Lipinski definition) is 2. The molecule has 1 heterocycles. The maximum atomic E-state index is 13.3. The van der Waals surface area contributed by atoms with Crippen LogP contribution < -0.4 is 5.32 Å². The normalized spacial score (nSPS) is 14.4. The maximum Gasteiger partial charge on any atom is 0.418 e. The SMILES string of the molecule is O=C1CCNc2c1cc(Cc1ccccc1)cc2C(F)(F)F. The minimum Gasteiger partial charge on any atom is -0.384 e. The first kappa shape index (κ1) is 14.6. The molecule has 0 spiro atoms. The second kappa shape index (κ2) is 5.48. The lowest BCUT2D eigenvalue weighted by Crippen LogP contribution is -2.22. The Morgan fingerprint density at radius 1 is 1.05 bits per heavy atom. The van der Waals surface area contributed by atoms with Crippen molar-refractivity contribution in [3.8, 4) is 0 Å². The Labute approximate surface area is 126 Å². The van der Waals surface area contributed by atoms with Gasteiger partial charge in [-0.3, -0.25) is 4.79 Å². The van der Waals surface area contributed by atoms with E-state index in [4.69, 9.17) is 0 Å². The minimum absolute atomic E-state index is 0.0828. The van der Waals surface area contributed by atoms with Crippen molar-refractivity contribution in [3.05, 3.63) is 64.7 Å². The summed E-state index contributed by atoms with van der Waals surface area (Å²) >= 11 is 0. The first-order chi connectivity index (χ1) is 10.4. The van der Waals surface area contributed by atoms with Crippen LogP contribution in [0.4, 0.5) is 18.9 Å². The van der Waals surface area contributed by atoms with Crippen LogP contribution in [0.1, 0.15) is 33.5 Å². The zero-order valence-electron chi connectivity index (χ0n) is 11.7. The lowest BCUT2D eigenvalue weighted by molar-refractivity contribution is -0.137. The van der Waals surface area contributed by atoms with Crippen LogP contribution in [0, 0.1) is 0 Å². The molecule has 0 saturated heterocycles. The number of benzene rings is 2. The van der Waals surface area contributed by atoms with Gasteiger partial charge >= 0.3 is 6.18 Å². The van der Waals surface area contributed by atoms with Crippen molar-refractivity contribution in [1.82, 2.24) is 0 Å². The number of halogens is 3. The molecule has 3 rings (SSSR count). The first-order valence-electron chi connectivity index (χ1n) is 7.00. The highest BCUT2D eigenvalue weighted by atomic mass is 19.4. The highest BCUT2D eigenvalue weighted by Gasteiger charge is 2.36. The third-order valence-corrected chi connectivity index (χ3v) is 3.71. The third kappa shape index (κ3) is 2.84. The number of hydrogen-bond donors (Lipinski definition) is 1. The zero-order valence-corrected chi connectivity index (χ0v) is 11.7. The number of nitrogens with one attached hydrogen (secondary N) is 1. The van der Waals surface area contributed by atoms with Crippen LogP contribution in [0.2, 0.25) is 0 Å². The van der Waals surface area contributed by atoms with Crippen molar-refractivity contribution in [2.24, 2.45) is 0 Å². The molecule has 2 aromatic carbocycles. The molecule has 5 heteroatoms. The Morgan fingerprint density at radius 3 is 2.45 bits per heavy atom. The summed E-state index contributed by atoms with van der Waals surface area (Å²) < 4.78 is 39.8. The van der Waals surface area contributed by atoms with E-state index in [1.807, 2.05) is 30.3 Å². The number of ketones is 1. The summed E-state index contributed by atoms with van der Waals surface area (Å²) in [5.74, 6) is -0.242. The van der Waals surface area contributed by atoms with Gasteiger partial charge in [0.1, 0.15) is 0 Å². The van der Waals surface area contributed by atoms with Crippen LogP contribution in [0.5, 0.6) is 0 Å². The first-order valence-corrected chi connectivity index (χ1v) is 7.00. The predicted octanol–water partition coefficient (Wildman–Crippen LogP) is 4.29. The lowest BCUT2D eigenvalue weighted by Gasteiger charge is -2.23. The molecule has 1 N–H and O–H groups in total. The molecule has 0 fully saturated rings. The van der Waals surface area contributed by atoms with Crippen LogP contribution in [-0.2, 0) is 12.6 Å². The molecule has 0 unspecified atom stereocenters. The van der Waals surface area contributed by atoms with Crippen molar-refractivity contribution in [2.75, 3.05) is 11.9 Å². The number of anilines is 1. The van der Waals surface area contributed by atoms with Gasteiger partial charge in [0.25, 0.3) is 0 Å². The molecular weight excluding hydrogens is 291 g/mol. The Morgan fingerprint density at radius 2 is 1.77 bits per heavy atom. The number of carbonyl (C=O) groups is 1. The van der Waals surface area contributed by atoms with E-state index in [0.29, 0.717) is 12.0 Å². The highest BCUT2D eigenvalue weighted by Crippen LogP contribution is 2.39. The second-order valence-corrected chi connectivity index (χ2v) is 5.33. The van der Waals surface area contributed by atoms with Crippen molar-refractivity contribution in [3.63, 3.8) is 0 Å². The Balaban J connectivity index is 2.08. The van der Waals surface area contributed by atoms with Gasteiger partial charge in [-0.15, -0.1) is 0 Å². The molecule has 2 nitrogen and oxygen atoms in total. The van der Waals surface area contributed by atoms with Gasteiger partial charge in [-0.1, -0.05) is 30.3 Å². The molecule has 0 bridgehead atoms. The van der Waals surface area contributed by atoms with Crippen LogP contribution in [-0.4, -0.2) is 12.3 Å². The Bertz CT molecular complexity index is 708.